The van der Waals surface area contributed by atoms with Gasteiger partial charge in [0.1, 0.15) is 12.4 Å². The Morgan fingerprint density at radius 3 is 2.84 bits per heavy atom. The number of anilines is 1. The Morgan fingerprint density at radius 2 is 2.03 bits per heavy atom. The number of carbonyl (C=O) groups excluding carboxylic acids is 1. The van der Waals surface area contributed by atoms with Crippen molar-refractivity contribution in [3.63, 3.8) is 0 Å². The summed E-state index contributed by atoms with van der Waals surface area (Å²) in [6.07, 6.45) is 1.49. The molecule has 0 aliphatic rings. The predicted molar refractivity (Wildman–Crippen MR) is 123 cm³/mol. The van der Waals surface area contributed by atoms with E-state index in [1.807, 2.05) is 0 Å². The molecule has 9 heteroatoms. The van der Waals surface area contributed by atoms with Gasteiger partial charge in [-0.3, -0.25) is 4.79 Å². The summed E-state index contributed by atoms with van der Waals surface area (Å²) >= 11 is 1.31. The van der Waals surface area contributed by atoms with Crippen LogP contribution in [0.2, 0.25) is 0 Å². The summed E-state index contributed by atoms with van der Waals surface area (Å²) < 4.78 is 25.7. The lowest BCUT2D eigenvalue weighted by Gasteiger charge is -2.11. The fourth-order valence-corrected chi connectivity index (χ4v) is 3.74. The highest BCUT2D eigenvalue weighted by Crippen LogP contribution is 2.29. The van der Waals surface area contributed by atoms with Gasteiger partial charge in [-0.15, -0.1) is 0 Å². The number of hydrogen-bond donors (Lipinski definition) is 2. The molecule has 0 atom stereocenters. The van der Waals surface area contributed by atoms with Crippen LogP contribution >= 0.6 is 11.3 Å². The molecule has 162 valence electrons. The van der Waals surface area contributed by atoms with Crippen LogP contribution < -0.4 is 20.6 Å². The maximum absolute atomic E-state index is 13.8. The number of benzene rings is 3. The van der Waals surface area contributed by atoms with Crippen molar-refractivity contribution in [3.05, 3.63) is 83.2 Å². The van der Waals surface area contributed by atoms with Gasteiger partial charge in [-0.05, 0) is 48.0 Å². The number of fused-ring (bicyclic) bond motifs is 1. The van der Waals surface area contributed by atoms with Crippen molar-refractivity contribution in [2.45, 2.75) is 6.61 Å². The van der Waals surface area contributed by atoms with Gasteiger partial charge in [0.2, 0.25) is 0 Å². The molecule has 0 fully saturated rings. The van der Waals surface area contributed by atoms with E-state index in [-0.39, 0.29) is 18.3 Å². The Bertz CT molecular complexity index is 1310. The number of ether oxygens (including phenoxy) is 2. The normalized spacial score (nSPS) is 11.1. The number of nitrogens with one attached hydrogen (secondary N) is 1. The van der Waals surface area contributed by atoms with E-state index in [1.165, 1.54) is 30.7 Å². The Kier molecular flexibility index (Phi) is 6.27. The van der Waals surface area contributed by atoms with E-state index in [4.69, 9.17) is 15.2 Å². The van der Waals surface area contributed by atoms with Crippen molar-refractivity contribution in [1.29, 1.82) is 0 Å². The molecule has 0 aliphatic carbocycles. The second-order valence-corrected chi connectivity index (χ2v) is 7.79. The van der Waals surface area contributed by atoms with Crippen molar-refractivity contribution >= 4 is 38.8 Å². The van der Waals surface area contributed by atoms with Gasteiger partial charge < -0.3 is 15.2 Å². The summed E-state index contributed by atoms with van der Waals surface area (Å²) in [6, 6.07) is 16.7. The molecule has 3 aromatic carbocycles. The molecule has 0 spiro atoms. The third-order valence-electron chi connectivity index (χ3n) is 4.58. The lowest BCUT2D eigenvalue weighted by molar-refractivity contribution is 0.0955. The molecule has 7 nitrogen and oxygen atoms in total. The zero-order valence-electron chi connectivity index (χ0n) is 17.0. The first-order valence-electron chi connectivity index (χ1n) is 9.57. The lowest BCUT2D eigenvalue weighted by atomic mass is 10.2. The Labute approximate surface area is 187 Å². The molecule has 0 radical (unpaired) electrons. The maximum atomic E-state index is 13.8. The minimum Gasteiger partial charge on any atom is -0.493 e. The van der Waals surface area contributed by atoms with Gasteiger partial charge in [0.05, 0.1) is 23.5 Å². The Morgan fingerprint density at radius 1 is 1.19 bits per heavy atom. The van der Waals surface area contributed by atoms with E-state index < -0.39 is 0 Å². The van der Waals surface area contributed by atoms with Crippen LogP contribution in [0.3, 0.4) is 0 Å². The number of nitrogens with two attached hydrogens (primary N) is 1. The number of nitrogen functional groups attached to an aromatic ring is 1. The van der Waals surface area contributed by atoms with E-state index in [0.717, 1.165) is 10.2 Å². The molecule has 4 aromatic rings. The van der Waals surface area contributed by atoms with Crippen LogP contribution in [0.15, 0.2) is 65.8 Å². The first-order valence-corrected chi connectivity index (χ1v) is 10.4. The highest BCUT2D eigenvalue weighted by atomic mass is 32.1. The van der Waals surface area contributed by atoms with Crippen LogP contribution in [0.4, 0.5) is 9.52 Å². The van der Waals surface area contributed by atoms with Crippen molar-refractivity contribution < 1.29 is 18.7 Å². The third-order valence-corrected chi connectivity index (χ3v) is 5.42. The van der Waals surface area contributed by atoms with Crippen molar-refractivity contribution in [2.75, 3.05) is 12.8 Å². The minimum absolute atomic E-state index is 0.0717. The second-order valence-electron chi connectivity index (χ2n) is 6.72. The number of rotatable bonds is 7. The van der Waals surface area contributed by atoms with E-state index in [2.05, 4.69) is 15.5 Å². The zero-order valence-corrected chi connectivity index (χ0v) is 17.9. The number of nitrogens with zero attached hydrogens (tertiary/aromatic N) is 2. The summed E-state index contributed by atoms with van der Waals surface area (Å²) in [6.45, 7) is 0.0717. The number of thiazole rings is 1. The monoisotopic (exact) mass is 450 g/mol. The minimum atomic E-state index is -0.355. The summed E-state index contributed by atoms with van der Waals surface area (Å²) in [5, 5.41) is 4.46. The first kappa shape index (κ1) is 21.3. The Hall–Kier alpha value is -3.98. The van der Waals surface area contributed by atoms with E-state index >= 15 is 0 Å². The zero-order chi connectivity index (χ0) is 22.5. The van der Waals surface area contributed by atoms with Crippen LogP contribution in [-0.4, -0.2) is 24.2 Å². The molecule has 0 unspecified atom stereocenters. The molecule has 0 aliphatic heterocycles. The van der Waals surface area contributed by atoms with Gasteiger partial charge in [-0.2, -0.15) is 5.10 Å². The first-order chi connectivity index (χ1) is 15.5. The topological polar surface area (TPSA) is 98.8 Å². The average molecular weight is 450 g/mol. The van der Waals surface area contributed by atoms with Gasteiger partial charge in [0.15, 0.2) is 16.6 Å². The van der Waals surface area contributed by atoms with Crippen molar-refractivity contribution in [1.82, 2.24) is 10.4 Å². The molecule has 1 heterocycles. The number of carbonyl (C=O) groups is 1. The SMILES string of the molecule is COc1cc(/C=N\NC(=O)c2ccc3nc(N)sc3c2)ccc1OCc1ccccc1F. The predicted octanol–water partition coefficient (Wildman–Crippen LogP) is 4.37. The van der Waals surface area contributed by atoms with E-state index in [1.54, 1.807) is 54.6 Å². The summed E-state index contributed by atoms with van der Waals surface area (Å²) in [5.74, 6) is 0.245. The standard InChI is InChI=1S/C23H19FN4O3S/c1-30-20-10-14(6-9-19(20)31-13-16-4-2-3-5-17(16)24)12-26-28-22(29)15-7-8-18-21(11-15)32-23(25)27-18/h2-12H,13H2,1H3,(H2,25,27)(H,28,29)/b26-12-. The third kappa shape index (κ3) is 4.84. The van der Waals surface area contributed by atoms with Crippen LogP contribution in [0.1, 0.15) is 21.5 Å². The summed E-state index contributed by atoms with van der Waals surface area (Å²) in [4.78, 5) is 16.5. The number of halogens is 1. The molecule has 3 N–H and O–H groups in total. The maximum Gasteiger partial charge on any atom is 0.271 e. The highest BCUT2D eigenvalue weighted by Gasteiger charge is 2.09. The van der Waals surface area contributed by atoms with Crippen LogP contribution in [-0.2, 0) is 6.61 Å². The van der Waals surface area contributed by atoms with Gasteiger partial charge in [0, 0.05) is 11.1 Å². The molecule has 0 saturated carbocycles. The van der Waals surface area contributed by atoms with Gasteiger partial charge in [0.25, 0.3) is 5.91 Å². The number of amides is 1. The summed E-state index contributed by atoms with van der Waals surface area (Å²) in [7, 11) is 1.51. The van der Waals surface area contributed by atoms with E-state index in [9.17, 15) is 9.18 Å². The summed E-state index contributed by atoms with van der Waals surface area (Å²) in [5.41, 5.74) is 10.5. The number of aromatic nitrogens is 1. The fraction of sp³-hybridized carbons (Fsp3) is 0.0870. The molecule has 1 aromatic heterocycles. The van der Waals surface area contributed by atoms with Gasteiger partial charge >= 0.3 is 0 Å². The quantitative estimate of drug-likeness (QED) is 0.322. The molecule has 4 rings (SSSR count). The lowest BCUT2D eigenvalue weighted by Crippen LogP contribution is -2.17. The number of hydrogen-bond acceptors (Lipinski definition) is 7. The van der Waals surface area contributed by atoms with Crippen LogP contribution in [0, 0.1) is 5.82 Å². The molecular formula is C23H19FN4O3S. The average Bonchev–Trinajstić information content (AvgIpc) is 3.18. The van der Waals surface area contributed by atoms with E-state index in [0.29, 0.717) is 33.3 Å². The smallest absolute Gasteiger partial charge is 0.271 e. The number of methoxy groups -OCH3 is 1. The van der Waals surface area contributed by atoms with Crippen LogP contribution in [0.25, 0.3) is 10.2 Å². The fourth-order valence-electron chi connectivity index (χ4n) is 2.97. The van der Waals surface area contributed by atoms with Crippen LogP contribution in [0.5, 0.6) is 11.5 Å². The largest absolute Gasteiger partial charge is 0.493 e. The van der Waals surface area contributed by atoms with Crippen molar-refractivity contribution in [3.8, 4) is 11.5 Å². The molecule has 0 bridgehead atoms. The molecule has 0 saturated heterocycles. The molecular weight excluding hydrogens is 431 g/mol. The second kappa shape index (κ2) is 9.44. The van der Waals surface area contributed by atoms with Crippen molar-refractivity contribution in [2.24, 2.45) is 5.10 Å². The molecule has 1 amide bonds. The van der Waals surface area contributed by atoms with Gasteiger partial charge in [-0.1, -0.05) is 29.5 Å². The Balaban J connectivity index is 1.40. The highest BCUT2D eigenvalue weighted by molar-refractivity contribution is 7.22. The van der Waals surface area contributed by atoms with Gasteiger partial charge in [-0.25, -0.2) is 14.8 Å². The molecule has 32 heavy (non-hydrogen) atoms. The number of hydrazone groups is 1.